The molecule has 4 rings (SSSR count). The van der Waals surface area contributed by atoms with Crippen molar-refractivity contribution in [1.82, 2.24) is 15.1 Å². The number of nitrogens with two attached hydrogens (primary N) is 1. The summed E-state index contributed by atoms with van der Waals surface area (Å²) in [4.78, 5) is 25.6. The van der Waals surface area contributed by atoms with Crippen LogP contribution in [0.2, 0.25) is 0 Å². The van der Waals surface area contributed by atoms with E-state index in [1.807, 2.05) is 74.5 Å². The zero-order valence-corrected chi connectivity index (χ0v) is 22.5. The fraction of sp³-hybridized carbons (Fsp3) is 0.400. The van der Waals surface area contributed by atoms with E-state index in [0.29, 0.717) is 43.6 Å². The number of carbonyl (C=O) groups excluding carboxylic acids is 2. The molecule has 2 amide bonds. The number of anilines is 1. The fourth-order valence-corrected chi connectivity index (χ4v) is 5.09. The lowest BCUT2D eigenvalue weighted by Gasteiger charge is -2.34. The highest BCUT2D eigenvalue weighted by molar-refractivity contribution is 5.91. The monoisotopic (exact) mass is 535 g/mol. The highest BCUT2D eigenvalue weighted by Gasteiger charge is 2.31. The van der Waals surface area contributed by atoms with Gasteiger partial charge in [-0.2, -0.15) is 8.78 Å². The third kappa shape index (κ3) is 7.03. The first-order valence-corrected chi connectivity index (χ1v) is 13.2. The summed E-state index contributed by atoms with van der Waals surface area (Å²) in [5.41, 5.74) is 10.1. The van der Waals surface area contributed by atoms with E-state index in [1.54, 1.807) is 0 Å². The Kier molecular flexibility index (Phi) is 8.70. The average Bonchev–Trinajstić information content (AvgIpc) is 2.92. The number of hydrogen-bond acceptors (Lipinski definition) is 5. The molecule has 2 aromatic carbocycles. The highest BCUT2D eigenvalue weighted by Crippen LogP contribution is 2.33. The molecule has 0 aliphatic heterocycles. The number of carbonyl (C=O) groups is 2. The van der Waals surface area contributed by atoms with Crippen molar-refractivity contribution in [1.29, 1.82) is 0 Å². The van der Waals surface area contributed by atoms with Crippen molar-refractivity contribution in [2.45, 2.75) is 64.0 Å². The second-order valence-electron chi connectivity index (χ2n) is 10.8. The minimum absolute atomic E-state index is 0.113. The number of hydrogen-bond donors (Lipinski definition) is 2. The summed E-state index contributed by atoms with van der Waals surface area (Å²) in [6.07, 6.45) is -0.133. The third-order valence-electron chi connectivity index (χ3n) is 7.42. The zero-order valence-electron chi connectivity index (χ0n) is 22.5. The van der Waals surface area contributed by atoms with Crippen molar-refractivity contribution >= 4 is 17.6 Å². The van der Waals surface area contributed by atoms with Crippen LogP contribution in [0.15, 0.2) is 60.7 Å². The topological polar surface area (TPSA) is 101 Å². The van der Waals surface area contributed by atoms with Crippen molar-refractivity contribution in [3.63, 3.8) is 0 Å². The maximum absolute atomic E-state index is 12.9. The quantitative estimate of drug-likeness (QED) is 0.390. The Balaban J connectivity index is 1.46. The van der Waals surface area contributed by atoms with Crippen LogP contribution in [-0.2, 0) is 15.1 Å². The molecule has 3 aromatic rings. The number of halogens is 2. The first kappa shape index (κ1) is 28.3. The number of nitrogens with zero attached hydrogens (tertiary/aromatic N) is 3. The van der Waals surface area contributed by atoms with E-state index in [9.17, 15) is 18.4 Å². The lowest BCUT2D eigenvalue weighted by atomic mass is 9.83. The molecule has 1 fully saturated rings. The van der Waals surface area contributed by atoms with Crippen LogP contribution in [0.4, 0.5) is 14.6 Å². The van der Waals surface area contributed by atoms with E-state index in [-0.39, 0.29) is 17.9 Å². The first-order chi connectivity index (χ1) is 18.5. The summed E-state index contributed by atoms with van der Waals surface area (Å²) in [6.45, 7) is 3.90. The van der Waals surface area contributed by atoms with Crippen LogP contribution in [0.3, 0.4) is 0 Å². The Morgan fingerprint density at radius 1 is 1.00 bits per heavy atom. The van der Waals surface area contributed by atoms with Crippen LogP contribution in [0.1, 0.15) is 51.5 Å². The van der Waals surface area contributed by atoms with Gasteiger partial charge < -0.3 is 16.0 Å². The normalized spacial score (nSPS) is 17.6. The summed E-state index contributed by atoms with van der Waals surface area (Å²) in [5, 5.41) is 11.7. The molecular formula is C30H35F2N5O2. The number of rotatable bonds is 8. The van der Waals surface area contributed by atoms with Crippen LogP contribution < -0.4 is 11.1 Å². The van der Waals surface area contributed by atoms with Gasteiger partial charge in [-0.3, -0.25) is 9.59 Å². The van der Waals surface area contributed by atoms with E-state index in [0.717, 1.165) is 27.2 Å². The van der Waals surface area contributed by atoms with Gasteiger partial charge in [0, 0.05) is 36.2 Å². The lowest BCUT2D eigenvalue weighted by Crippen LogP contribution is -2.42. The van der Waals surface area contributed by atoms with Gasteiger partial charge in [-0.25, -0.2) is 0 Å². The van der Waals surface area contributed by atoms with Gasteiger partial charge in [0.15, 0.2) is 5.82 Å². The molecule has 0 saturated heterocycles. The maximum Gasteiger partial charge on any atom is 0.315 e. The zero-order chi connectivity index (χ0) is 28.2. The molecule has 0 atom stereocenters. The number of aromatic nitrogens is 2. The predicted octanol–water partition coefficient (Wildman–Crippen LogP) is 5.62. The minimum atomic E-state index is -3.00. The van der Waals surface area contributed by atoms with Gasteiger partial charge in [0.1, 0.15) is 5.69 Å². The van der Waals surface area contributed by atoms with E-state index >= 15 is 0 Å². The van der Waals surface area contributed by atoms with Crippen LogP contribution in [0.5, 0.6) is 0 Å². The van der Waals surface area contributed by atoms with Gasteiger partial charge in [-0.05, 0) is 62.6 Å². The smallest absolute Gasteiger partial charge is 0.315 e. The highest BCUT2D eigenvalue weighted by atomic mass is 19.3. The average molecular weight is 536 g/mol. The first-order valence-electron chi connectivity index (χ1n) is 13.2. The molecule has 1 saturated carbocycles. The molecule has 1 aliphatic rings. The largest absolute Gasteiger partial charge is 0.338 e. The number of amides is 2. The fourth-order valence-electron chi connectivity index (χ4n) is 5.09. The minimum Gasteiger partial charge on any atom is -0.338 e. The Hall–Kier alpha value is -3.72. The maximum atomic E-state index is 12.9. The van der Waals surface area contributed by atoms with Crippen molar-refractivity contribution in [2.75, 3.05) is 12.4 Å². The van der Waals surface area contributed by atoms with Gasteiger partial charge in [0.05, 0.1) is 0 Å². The number of alkyl halides is 2. The van der Waals surface area contributed by atoms with E-state index in [4.69, 9.17) is 5.73 Å². The van der Waals surface area contributed by atoms with Crippen molar-refractivity contribution < 1.29 is 18.4 Å². The molecule has 0 radical (unpaired) electrons. The molecule has 1 aliphatic carbocycles. The predicted molar refractivity (Wildman–Crippen MR) is 148 cm³/mol. The Morgan fingerprint density at radius 3 is 2.23 bits per heavy atom. The molecule has 206 valence electrons. The summed E-state index contributed by atoms with van der Waals surface area (Å²) in [6, 6.07) is 19.3. The Labute approximate surface area is 227 Å². The summed E-state index contributed by atoms with van der Waals surface area (Å²) in [5.74, 6) is -0.849. The van der Waals surface area contributed by atoms with Crippen LogP contribution >= 0.6 is 0 Å². The van der Waals surface area contributed by atoms with Gasteiger partial charge in [-0.15, -0.1) is 10.2 Å². The molecule has 1 heterocycles. The lowest BCUT2D eigenvalue weighted by molar-refractivity contribution is -0.144. The van der Waals surface area contributed by atoms with Crippen molar-refractivity contribution in [2.24, 2.45) is 11.7 Å². The number of nitrogens with one attached hydrogen (secondary N) is 1. The second-order valence-corrected chi connectivity index (χ2v) is 10.8. The second kappa shape index (κ2) is 12.0. The molecule has 3 N–H and O–H groups in total. The number of benzene rings is 2. The third-order valence-corrected chi connectivity index (χ3v) is 7.42. The Bertz CT molecular complexity index is 1280. The molecule has 0 spiro atoms. The molecular weight excluding hydrogens is 500 g/mol. The van der Waals surface area contributed by atoms with Crippen LogP contribution in [0.25, 0.3) is 22.4 Å². The molecule has 1 aromatic heterocycles. The van der Waals surface area contributed by atoms with E-state index in [1.165, 1.54) is 7.05 Å². The molecule has 0 unspecified atom stereocenters. The van der Waals surface area contributed by atoms with Gasteiger partial charge in [0.25, 0.3) is 5.91 Å². The van der Waals surface area contributed by atoms with Crippen molar-refractivity contribution in [3.05, 3.63) is 66.2 Å². The van der Waals surface area contributed by atoms with Gasteiger partial charge in [0.2, 0.25) is 5.91 Å². The van der Waals surface area contributed by atoms with Crippen molar-refractivity contribution in [3.8, 4) is 22.4 Å². The molecule has 0 bridgehead atoms. The molecule has 7 nitrogen and oxygen atoms in total. The summed E-state index contributed by atoms with van der Waals surface area (Å²) in [7, 11) is 1.42. The van der Waals surface area contributed by atoms with Gasteiger partial charge in [-0.1, -0.05) is 54.6 Å². The SMILES string of the molecule is CN(C(=O)C(F)F)[C@H]1CC[C@H](CC(=O)Nc2cc(-c3ccccc3)c(-c3ccc(C(C)(C)N)cc3)nn2)CC1. The van der Waals surface area contributed by atoms with Crippen LogP contribution in [-0.4, -0.2) is 46.4 Å². The van der Waals surface area contributed by atoms with E-state index in [2.05, 4.69) is 15.5 Å². The molecule has 39 heavy (non-hydrogen) atoms. The molecule has 9 heteroatoms. The van der Waals surface area contributed by atoms with Crippen LogP contribution in [0, 0.1) is 5.92 Å². The van der Waals surface area contributed by atoms with E-state index < -0.39 is 17.9 Å². The standard InChI is InChI=1S/C30H35F2N5O2/c1-30(2,33)22-13-11-21(12-14-22)27-24(20-7-5-4-6-8-20)18-25(35-36-27)34-26(38)17-19-9-15-23(16-10-19)37(3)29(39)28(31)32/h4-8,11-14,18-19,23,28H,9-10,15-17,33H2,1-3H3,(H,34,35,38)/t19-,23-. The Morgan fingerprint density at radius 2 is 1.64 bits per heavy atom. The van der Waals surface area contributed by atoms with Gasteiger partial charge >= 0.3 is 6.43 Å². The summed E-state index contributed by atoms with van der Waals surface area (Å²) >= 11 is 0. The summed E-state index contributed by atoms with van der Waals surface area (Å²) < 4.78 is 25.5.